The van der Waals surface area contributed by atoms with E-state index >= 15 is 0 Å². The molecule has 0 fully saturated rings. The van der Waals surface area contributed by atoms with E-state index in [1.54, 1.807) is 6.07 Å². The number of nitrogens with zero attached hydrogens (tertiary/aromatic N) is 1. The van der Waals surface area contributed by atoms with Gasteiger partial charge in [0.15, 0.2) is 0 Å². The highest BCUT2D eigenvalue weighted by Crippen LogP contribution is 2.38. The molecule has 1 aliphatic heterocycles. The largest absolute Gasteiger partial charge is 0.366 e. The van der Waals surface area contributed by atoms with E-state index in [9.17, 15) is 4.39 Å². The quantitative estimate of drug-likeness (QED) is 0.929. The van der Waals surface area contributed by atoms with Crippen LogP contribution in [0.15, 0.2) is 42.5 Å². The second-order valence-electron chi connectivity index (χ2n) is 5.81. The fraction of sp³-hybridized carbons (Fsp3) is 0.333. The molecule has 0 saturated heterocycles. The van der Waals surface area contributed by atoms with Crippen molar-refractivity contribution < 1.29 is 4.39 Å². The molecule has 2 aromatic carbocycles. The van der Waals surface area contributed by atoms with Crippen molar-refractivity contribution in [1.29, 1.82) is 0 Å². The lowest BCUT2D eigenvalue weighted by Gasteiger charge is -2.20. The van der Waals surface area contributed by atoms with Crippen LogP contribution in [0.1, 0.15) is 29.0 Å². The Labute approximate surface area is 125 Å². The molecule has 0 spiro atoms. The zero-order valence-corrected chi connectivity index (χ0v) is 12.3. The molecule has 1 aliphatic rings. The molecule has 3 heteroatoms. The van der Waals surface area contributed by atoms with Crippen molar-refractivity contribution in [3.63, 3.8) is 0 Å². The highest BCUT2D eigenvalue weighted by atomic mass is 19.1. The van der Waals surface area contributed by atoms with Gasteiger partial charge in [0.1, 0.15) is 5.82 Å². The molecular formula is C18H21FN2. The van der Waals surface area contributed by atoms with Crippen molar-refractivity contribution in [2.75, 3.05) is 18.0 Å². The third-order valence-corrected chi connectivity index (χ3v) is 4.24. The maximum atomic E-state index is 14.0. The third kappa shape index (κ3) is 2.79. The highest BCUT2D eigenvalue weighted by molar-refractivity contribution is 5.60. The van der Waals surface area contributed by atoms with Crippen LogP contribution in [0, 0.1) is 12.7 Å². The Kier molecular flexibility index (Phi) is 3.93. The first kappa shape index (κ1) is 14.1. The van der Waals surface area contributed by atoms with Gasteiger partial charge in [-0.3, -0.25) is 0 Å². The van der Waals surface area contributed by atoms with Crippen LogP contribution in [0.5, 0.6) is 0 Å². The van der Waals surface area contributed by atoms with Crippen LogP contribution >= 0.6 is 0 Å². The fourth-order valence-electron chi connectivity index (χ4n) is 3.21. The molecule has 0 aromatic heterocycles. The van der Waals surface area contributed by atoms with Crippen molar-refractivity contribution in [2.24, 2.45) is 5.73 Å². The molecule has 0 radical (unpaired) electrons. The minimum atomic E-state index is -0.125. The average Bonchev–Trinajstić information content (AvgIpc) is 2.82. The Hall–Kier alpha value is -1.87. The third-order valence-electron chi connectivity index (χ3n) is 4.24. The van der Waals surface area contributed by atoms with E-state index in [0.717, 1.165) is 24.1 Å². The zero-order chi connectivity index (χ0) is 14.8. The molecule has 1 unspecified atom stereocenters. The predicted octanol–water partition coefficient (Wildman–Crippen LogP) is 3.59. The van der Waals surface area contributed by atoms with Crippen molar-refractivity contribution in [2.45, 2.75) is 25.8 Å². The smallest absolute Gasteiger partial charge is 0.128 e. The van der Waals surface area contributed by atoms with Crippen LogP contribution in [0.3, 0.4) is 0 Å². The van der Waals surface area contributed by atoms with Crippen molar-refractivity contribution in [3.05, 3.63) is 65.0 Å². The standard InChI is InChI=1S/C18H21FN2/c1-13-6-7-17(19)15(10-13)12-21-11-14(8-9-20)16-4-2-3-5-18(16)21/h2-7,10,14H,8-9,11-12,20H2,1H3. The summed E-state index contributed by atoms with van der Waals surface area (Å²) in [6.07, 6.45) is 0.976. The molecule has 0 amide bonds. The van der Waals surface area contributed by atoms with Crippen molar-refractivity contribution in [1.82, 2.24) is 0 Å². The van der Waals surface area contributed by atoms with Gasteiger partial charge in [0.25, 0.3) is 0 Å². The second-order valence-corrected chi connectivity index (χ2v) is 5.81. The number of rotatable bonds is 4. The Morgan fingerprint density at radius 1 is 1.24 bits per heavy atom. The normalized spacial score (nSPS) is 17.1. The van der Waals surface area contributed by atoms with E-state index in [1.165, 1.54) is 11.3 Å². The summed E-state index contributed by atoms with van der Waals surface area (Å²) in [5, 5.41) is 0. The van der Waals surface area contributed by atoms with Gasteiger partial charge in [-0.25, -0.2) is 4.39 Å². The van der Waals surface area contributed by atoms with Crippen LogP contribution in [0.25, 0.3) is 0 Å². The summed E-state index contributed by atoms with van der Waals surface area (Å²) in [6.45, 7) is 4.22. The summed E-state index contributed by atoms with van der Waals surface area (Å²) in [7, 11) is 0. The summed E-state index contributed by atoms with van der Waals surface area (Å²) in [5.41, 5.74) is 10.1. The molecule has 0 aliphatic carbocycles. The number of benzene rings is 2. The van der Waals surface area contributed by atoms with Gasteiger partial charge < -0.3 is 10.6 Å². The van der Waals surface area contributed by atoms with Gasteiger partial charge in [0, 0.05) is 30.3 Å². The molecule has 3 rings (SSSR count). The van der Waals surface area contributed by atoms with Gasteiger partial charge >= 0.3 is 0 Å². The zero-order valence-electron chi connectivity index (χ0n) is 12.3. The van der Waals surface area contributed by atoms with Gasteiger partial charge in [-0.05, 0) is 37.6 Å². The average molecular weight is 284 g/mol. The molecule has 0 saturated carbocycles. The van der Waals surface area contributed by atoms with Gasteiger partial charge in [-0.1, -0.05) is 35.9 Å². The van der Waals surface area contributed by atoms with Crippen LogP contribution in [-0.2, 0) is 6.54 Å². The molecule has 21 heavy (non-hydrogen) atoms. The van der Waals surface area contributed by atoms with Crippen LogP contribution in [0.2, 0.25) is 0 Å². The molecule has 1 atom stereocenters. The maximum absolute atomic E-state index is 14.0. The lowest BCUT2D eigenvalue weighted by Crippen LogP contribution is -2.22. The van der Waals surface area contributed by atoms with E-state index < -0.39 is 0 Å². The highest BCUT2D eigenvalue weighted by Gasteiger charge is 2.27. The van der Waals surface area contributed by atoms with Crippen LogP contribution in [0.4, 0.5) is 10.1 Å². The SMILES string of the molecule is Cc1ccc(F)c(CN2CC(CCN)c3ccccc32)c1. The molecular weight excluding hydrogens is 263 g/mol. The Morgan fingerprint density at radius 3 is 2.86 bits per heavy atom. The summed E-state index contributed by atoms with van der Waals surface area (Å²) in [5.74, 6) is 0.333. The minimum absolute atomic E-state index is 0.125. The van der Waals surface area contributed by atoms with Gasteiger partial charge in [0.05, 0.1) is 0 Å². The number of nitrogens with two attached hydrogens (primary N) is 1. The number of para-hydroxylation sites is 1. The van der Waals surface area contributed by atoms with E-state index in [1.807, 2.05) is 25.1 Å². The van der Waals surface area contributed by atoms with Gasteiger partial charge in [0.2, 0.25) is 0 Å². The van der Waals surface area contributed by atoms with Crippen LogP contribution < -0.4 is 10.6 Å². The van der Waals surface area contributed by atoms with Gasteiger partial charge in [-0.2, -0.15) is 0 Å². The molecule has 2 aromatic rings. The number of hydrogen-bond donors (Lipinski definition) is 1. The minimum Gasteiger partial charge on any atom is -0.366 e. The van der Waals surface area contributed by atoms with E-state index in [2.05, 4.69) is 23.1 Å². The lowest BCUT2D eigenvalue weighted by molar-refractivity contribution is 0.596. The molecule has 110 valence electrons. The lowest BCUT2D eigenvalue weighted by atomic mass is 9.98. The van der Waals surface area contributed by atoms with Crippen LogP contribution in [-0.4, -0.2) is 13.1 Å². The topological polar surface area (TPSA) is 29.3 Å². The predicted molar refractivity (Wildman–Crippen MR) is 85.0 cm³/mol. The molecule has 2 nitrogen and oxygen atoms in total. The van der Waals surface area contributed by atoms with E-state index in [4.69, 9.17) is 5.73 Å². The molecule has 0 bridgehead atoms. The number of halogens is 1. The number of fused-ring (bicyclic) bond motifs is 1. The molecule has 1 heterocycles. The summed E-state index contributed by atoms with van der Waals surface area (Å²) in [6, 6.07) is 13.7. The molecule has 2 N–H and O–H groups in total. The second kappa shape index (κ2) is 5.86. The Morgan fingerprint density at radius 2 is 2.05 bits per heavy atom. The summed E-state index contributed by atoms with van der Waals surface area (Å²) >= 11 is 0. The Balaban J connectivity index is 1.88. The first-order valence-corrected chi connectivity index (χ1v) is 7.48. The first-order chi connectivity index (χ1) is 10.2. The van der Waals surface area contributed by atoms with Crippen molar-refractivity contribution in [3.8, 4) is 0 Å². The van der Waals surface area contributed by atoms with E-state index in [0.29, 0.717) is 19.0 Å². The summed E-state index contributed by atoms with van der Waals surface area (Å²) in [4.78, 5) is 2.27. The summed E-state index contributed by atoms with van der Waals surface area (Å²) < 4.78 is 14.0. The number of aryl methyl sites for hydroxylation is 1. The first-order valence-electron chi connectivity index (χ1n) is 7.48. The Bertz CT molecular complexity index is 639. The number of anilines is 1. The van der Waals surface area contributed by atoms with Gasteiger partial charge in [-0.15, -0.1) is 0 Å². The van der Waals surface area contributed by atoms with E-state index in [-0.39, 0.29) is 5.82 Å². The monoisotopic (exact) mass is 284 g/mol. The fourth-order valence-corrected chi connectivity index (χ4v) is 3.21. The van der Waals surface area contributed by atoms with Crippen molar-refractivity contribution >= 4 is 5.69 Å². The maximum Gasteiger partial charge on any atom is 0.128 e. The number of hydrogen-bond acceptors (Lipinski definition) is 2.